The fourth-order valence-electron chi connectivity index (χ4n) is 2.30. The Kier molecular flexibility index (Phi) is 3.02. The standard InChI is InChI=1S/C15H18BrN3/c1-15(2,17)11-5-7-12(8-6-11)19-14(10-3-4-10)13(16)9-18-19/h5-10H,3-4,17H2,1-2H3. The second-order valence-electron chi connectivity index (χ2n) is 5.83. The fourth-order valence-corrected chi connectivity index (χ4v) is 2.88. The van der Waals surface area contributed by atoms with E-state index >= 15 is 0 Å². The summed E-state index contributed by atoms with van der Waals surface area (Å²) in [4.78, 5) is 0. The van der Waals surface area contributed by atoms with Crippen LogP contribution in [-0.4, -0.2) is 9.78 Å². The van der Waals surface area contributed by atoms with Crippen molar-refractivity contribution in [2.75, 3.05) is 0 Å². The van der Waals surface area contributed by atoms with Gasteiger partial charge in [-0.05, 0) is 60.3 Å². The average molecular weight is 320 g/mol. The molecule has 2 N–H and O–H groups in total. The molecule has 1 aliphatic rings. The predicted octanol–water partition coefficient (Wildman–Crippen LogP) is 3.71. The highest BCUT2D eigenvalue weighted by molar-refractivity contribution is 9.10. The van der Waals surface area contributed by atoms with Crippen molar-refractivity contribution in [3.05, 3.63) is 46.2 Å². The van der Waals surface area contributed by atoms with Gasteiger partial charge in [0.15, 0.2) is 0 Å². The highest BCUT2D eigenvalue weighted by Gasteiger charge is 2.30. The van der Waals surface area contributed by atoms with Crippen molar-refractivity contribution >= 4 is 15.9 Å². The molecule has 1 saturated carbocycles. The Bertz CT molecular complexity index is 589. The fraction of sp³-hybridized carbons (Fsp3) is 0.400. The quantitative estimate of drug-likeness (QED) is 0.937. The summed E-state index contributed by atoms with van der Waals surface area (Å²) in [5.41, 5.74) is 9.33. The maximum atomic E-state index is 6.11. The van der Waals surface area contributed by atoms with Crippen LogP contribution in [0.15, 0.2) is 34.9 Å². The van der Waals surface area contributed by atoms with Gasteiger partial charge in [0.05, 0.1) is 22.1 Å². The summed E-state index contributed by atoms with van der Waals surface area (Å²) < 4.78 is 3.15. The van der Waals surface area contributed by atoms with Crippen LogP contribution in [0.5, 0.6) is 0 Å². The van der Waals surface area contributed by atoms with Crippen LogP contribution in [0.2, 0.25) is 0 Å². The Balaban J connectivity index is 1.99. The van der Waals surface area contributed by atoms with Gasteiger partial charge >= 0.3 is 0 Å². The normalized spacial score (nSPS) is 15.8. The van der Waals surface area contributed by atoms with E-state index in [2.05, 4.69) is 45.3 Å². The molecule has 100 valence electrons. The average Bonchev–Trinajstić information content (AvgIpc) is 3.12. The van der Waals surface area contributed by atoms with E-state index in [-0.39, 0.29) is 5.54 Å². The molecule has 4 heteroatoms. The second kappa shape index (κ2) is 4.46. The van der Waals surface area contributed by atoms with Crippen molar-refractivity contribution < 1.29 is 0 Å². The first kappa shape index (κ1) is 12.9. The lowest BCUT2D eigenvalue weighted by Gasteiger charge is -2.19. The number of hydrogen-bond donors (Lipinski definition) is 1. The van der Waals surface area contributed by atoms with Gasteiger partial charge in [-0.25, -0.2) is 4.68 Å². The Labute approximate surface area is 121 Å². The largest absolute Gasteiger partial charge is 0.322 e. The molecule has 3 rings (SSSR count). The second-order valence-corrected chi connectivity index (χ2v) is 6.69. The number of hydrogen-bond acceptors (Lipinski definition) is 2. The molecule has 19 heavy (non-hydrogen) atoms. The monoisotopic (exact) mass is 319 g/mol. The zero-order chi connectivity index (χ0) is 13.6. The molecule has 0 radical (unpaired) electrons. The molecule has 3 nitrogen and oxygen atoms in total. The third-order valence-corrected chi connectivity index (χ3v) is 4.19. The third-order valence-electron chi connectivity index (χ3n) is 3.58. The lowest BCUT2D eigenvalue weighted by atomic mass is 9.96. The summed E-state index contributed by atoms with van der Waals surface area (Å²) in [6.07, 6.45) is 4.41. The van der Waals surface area contributed by atoms with Crippen LogP contribution in [0.4, 0.5) is 0 Å². The number of rotatable bonds is 3. The molecule has 0 unspecified atom stereocenters. The number of benzene rings is 1. The minimum Gasteiger partial charge on any atom is -0.322 e. The highest BCUT2D eigenvalue weighted by Crippen LogP contribution is 2.43. The highest BCUT2D eigenvalue weighted by atomic mass is 79.9. The van der Waals surface area contributed by atoms with Crippen molar-refractivity contribution in [1.29, 1.82) is 0 Å². The molecule has 0 spiro atoms. The van der Waals surface area contributed by atoms with Crippen molar-refractivity contribution in [2.45, 2.75) is 38.1 Å². The molecule has 1 aromatic heterocycles. The minimum atomic E-state index is -0.303. The molecule has 1 aromatic carbocycles. The van der Waals surface area contributed by atoms with Crippen LogP contribution < -0.4 is 5.73 Å². The van der Waals surface area contributed by atoms with Gasteiger partial charge in [0.25, 0.3) is 0 Å². The number of halogens is 1. The zero-order valence-corrected chi connectivity index (χ0v) is 12.8. The Morgan fingerprint density at radius 2 is 1.89 bits per heavy atom. The summed E-state index contributed by atoms with van der Waals surface area (Å²) in [5, 5.41) is 4.48. The SMILES string of the molecule is CC(C)(N)c1ccc(-n2ncc(Br)c2C2CC2)cc1. The van der Waals surface area contributed by atoms with E-state index in [9.17, 15) is 0 Å². The summed E-state index contributed by atoms with van der Waals surface area (Å²) in [6.45, 7) is 4.03. The van der Waals surface area contributed by atoms with Crippen LogP contribution >= 0.6 is 15.9 Å². The van der Waals surface area contributed by atoms with Gasteiger partial charge in [0, 0.05) is 11.5 Å². The molecule has 0 atom stereocenters. The molecule has 1 heterocycles. The number of aromatic nitrogens is 2. The first-order valence-corrected chi connectivity index (χ1v) is 7.39. The van der Waals surface area contributed by atoms with Crippen molar-refractivity contribution in [3.8, 4) is 5.69 Å². The van der Waals surface area contributed by atoms with E-state index in [1.54, 1.807) is 0 Å². The first-order chi connectivity index (χ1) is 8.97. The topological polar surface area (TPSA) is 43.8 Å². The van der Waals surface area contributed by atoms with E-state index in [4.69, 9.17) is 5.73 Å². The summed E-state index contributed by atoms with van der Waals surface area (Å²) in [7, 11) is 0. The molecule has 0 aliphatic heterocycles. The summed E-state index contributed by atoms with van der Waals surface area (Å²) in [5.74, 6) is 0.655. The van der Waals surface area contributed by atoms with E-state index in [1.165, 1.54) is 18.5 Å². The molecule has 0 bridgehead atoms. The van der Waals surface area contributed by atoms with Crippen molar-refractivity contribution in [3.63, 3.8) is 0 Å². The predicted molar refractivity (Wildman–Crippen MR) is 80.5 cm³/mol. The Morgan fingerprint density at radius 1 is 1.26 bits per heavy atom. The van der Waals surface area contributed by atoms with E-state index < -0.39 is 0 Å². The maximum Gasteiger partial charge on any atom is 0.0649 e. The van der Waals surface area contributed by atoms with Gasteiger partial charge < -0.3 is 5.73 Å². The van der Waals surface area contributed by atoms with Gasteiger partial charge in [-0.15, -0.1) is 0 Å². The molecule has 2 aromatic rings. The lowest BCUT2D eigenvalue weighted by Crippen LogP contribution is -2.28. The van der Waals surface area contributed by atoms with Gasteiger partial charge in [-0.1, -0.05) is 12.1 Å². The zero-order valence-electron chi connectivity index (χ0n) is 11.2. The van der Waals surface area contributed by atoms with Gasteiger partial charge in [0.2, 0.25) is 0 Å². The van der Waals surface area contributed by atoms with Crippen molar-refractivity contribution in [2.24, 2.45) is 5.73 Å². The molecule has 1 aliphatic carbocycles. The lowest BCUT2D eigenvalue weighted by molar-refractivity contribution is 0.554. The van der Waals surface area contributed by atoms with Gasteiger partial charge in [-0.3, -0.25) is 0 Å². The Morgan fingerprint density at radius 3 is 2.42 bits per heavy atom. The van der Waals surface area contributed by atoms with E-state index in [0.29, 0.717) is 5.92 Å². The molecule has 0 amide bonds. The van der Waals surface area contributed by atoms with Crippen molar-refractivity contribution in [1.82, 2.24) is 9.78 Å². The van der Waals surface area contributed by atoms with E-state index in [0.717, 1.165) is 15.7 Å². The van der Waals surface area contributed by atoms with Crippen LogP contribution in [0, 0.1) is 0 Å². The summed E-state index contributed by atoms with van der Waals surface area (Å²) in [6, 6.07) is 8.35. The maximum absolute atomic E-state index is 6.11. The number of nitrogens with two attached hydrogens (primary N) is 1. The summed E-state index contributed by atoms with van der Waals surface area (Å²) >= 11 is 3.60. The molecule has 0 saturated heterocycles. The third kappa shape index (κ3) is 2.47. The number of nitrogens with zero attached hydrogens (tertiary/aromatic N) is 2. The minimum absolute atomic E-state index is 0.303. The Hall–Kier alpha value is -1.13. The molecular formula is C15H18BrN3. The van der Waals surface area contributed by atoms with Crippen LogP contribution in [0.1, 0.15) is 43.9 Å². The van der Waals surface area contributed by atoms with Crippen LogP contribution in [-0.2, 0) is 5.54 Å². The molecule has 1 fully saturated rings. The van der Waals surface area contributed by atoms with Crippen LogP contribution in [0.25, 0.3) is 5.69 Å². The first-order valence-electron chi connectivity index (χ1n) is 6.60. The van der Waals surface area contributed by atoms with Crippen LogP contribution in [0.3, 0.4) is 0 Å². The van der Waals surface area contributed by atoms with Gasteiger partial charge in [-0.2, -0.15) is 5.10 Å². The van der Waals surface area contributed by atoms with E-state index in [1.807, 2.05) is 24.7 Å². The smallest absolute Gasteiger partial charge is 0.0649 e. The van der Waals surface area contributed by atoms with Gasteiger partial charge in [0.1, 0.15) is 0 Å². The molecular weight excluding hydrogens is 302 g/mol.